The van der Waals surface area contributed by atoms with Crippen LogP contribution in [0.15, 0.2) is 60.1 Å². The molecular formula is C17H17BO3. The van der Waals surface area contributed by atoms with Crippen molar-refractivity contribution in [2.45, 2.75) is 13.0 Å². The van der Waals surface area contributed by atoms with Crippen LogP contribution in [0.5, 0.6) is 5.75 Å². The van der Waals surface area contributed by atoms with Gasteiger partial charge in [-0.15, -0.1) is 0 Å². The van der Waals surface area contributed by atoms with Crippen LogP contribution in [-0.4, -0.2) is 19.3 Å². The SMILES string of the molecule is COc1ccc(C2OB(O)C(C)=C2c2ccccc2)cc1. The molecule has 1 heterocycles. The second kappa shape index (κ2) is 5.76. The molecule has 21 heavy (non-hydrogen) atoms. The number of ether oxygens (including phenoxy) is 1. The highest BCUT2D eigenvalue weighted by atomic mass is 16.5. The highest BCUT2D eigenvalue weighted by Crippen LogP contribution is 2.42. The third-order valence-corrected chi connectivity index (χ3v) is 3.83. The lowest BCUT2D eigenvalue weighted by molar-refractivity contribution is 0.235. The molecule has 0 fully saturated rings. The Balaban J connectivity index is 2.01. The predicted molar refractivity (Wildman–Crippen MR) is 83.8 cm³/mol. The molecule has 1 atom stereocenters. The van der Waals surface area contributed by atoms with Gasteiger partial charge >= 0.3 is 7.12 Å². The van der Waals surface area contributed by atoms with E-state index in [4.69, 9.17) is 9.39 Å². The van der Waals surface area contributed by atoms with Gasteiger partial charge in [-0.3, -0.25) is 0 Å². The summed E-state index contributed by atoms with van der Waals surface area (Å²) in [5.41, 5.74) is 3.98. The van der Waals surface area contributed by atoms with Crippen LogP contribution < -0.4 is 4.74 Å². The van der Waals surface area contributed by atoms with Gasteiger partial charge in [-0.05, 0) is 41.2 Å². The van der Waals surface area contributed by atoms with E-state index in [1.807, 2.05) is 61.5 Å². The monoisotopic (exact) mass is 280 g/mol. The summed E-state index contributed by atoms with van der Waals surface area (Å²) in [6, 6.07) is 17.8. The summed E-state index contributed by atoms with van der Waals surface area (Å²) < 4.78 is 10.9. The predicted octanol–water partition coefficient (Wildman–Crippen LogP) is 3.26. The van der Waals surface area contributed by atoms with E-state index in [1.54, 1.807) is 7.11 Å². The molecule has 3 nitrogen and oxygen atoms in total. The van der Waals surface area contributed by atoms with Gasteiger partial charge in [0.05, 0.1) is 13.2 Å². The first-order valence-corrected chi connectivity index (χ1v) is 6.94. The average Bonchev–Trinajstić information content (AvgIpc) is 2.84. The Morgan fingerprint density at radius 1 is 1.05 bits per heavy atom. The van der Waals surface area contributed by atoms with Gasteiger partial charge in [0.2, 0.25) is 0 Å². The average molecular weight is 280 g/mol. The van der Waals surface area contributed by atoms with Gasteiger partial charge in [0.1, 0.15) is 5.75 Å². The van der Waals surface area contributed by atoms with Gasteiger partial charge < -0.3 is 14.4 Å². The molecule has 1 unspecified atom stereocenters. The molecule has 0 aliphatic carbocycles. The fourth-order valence-corrected chi connectivity index (χ4v) is 2.66. The van der Waals surface area contributed by atoms with Gasteiger partial charge in [0.25, 0.3) is 0 Å². The van der Waals surface area contributed by atoms with E-state index in [0.29, 0.717) is 0 Å². The molecule has 0 spiro atoms. The Hall–Kier alpha value is -2.04. The minimum Gasteiger partial charge on any atom is -0.497 e. The van der Waals surface area contributed by atoms with E-state index in [0.717, 1.165) is 27.9 Å². The fourth-order valence-electron chi connectivity index (χ4n) is 2.66. The number of rotatable bonds is 3. The van der Waals surface area contributed by atoms with Crippen LogP contribution in [0.25, 0.3) is 5.57 Å². The van der Waals surface area contributed by atoms with Crippen molar-refractivity contribution in [2.75, 3.05) is 7.11 Å². The minimum atomic E-state index is -0.854. The van der Waals surface area contributed by atoms with Crippen molar-refractivity contribution >= 4 is 12.7 Å². The third kappa shape index (κ3) is 2.60. The Bertz CT molecular complexity index is 649. The van der Waals surface area contributed by atoms with Crippen LogP contribution in [0.3, 0.4) is 0 Å². The molecule has 2 aromatic carbocycles. The zero-order valence-electron chi connectivity index (χ0n) is 12.1. The molecule has 0 aromatic heterocycles. The van der Waals surface area contributed by atoms with Gasteiger partial charge in [-0.25, -0.2) is 0 Å². The second-order valence-electron chi connectivity index (χ2n) is 5.10. The van der Waals surface area contributed by atoms with Gasteiger partial charge in [-0.2, -0.15) is 0 Å². The van der Waals surface area contributed by atoms with E-state index in [-0.39, 0.29) is 6.10 Å². The molecule has 4 heteroatoms. The van der Waals surface area contributed by atoms with Crippen molar-refractivity contribution in [1.29, 1.82) is 0 Å². The zero-order valence-corrected chi connectivity index (χ0v) is 12.1. The summed E-state index contributed by atoms with van der Waals surface area (Å²) in [6.45, 7) is 1.91. The maximum absolute atomic E-state index is 10.1. The summed E-state index contributed by atoms with van der Waals surface area (Å²) in [6.07, 6.45) is -0.256. The quantitative estimate of drug-likeness (QED) is 0.877. The Morgan fingerprint density at radius 3 is 2.33 bits per heavy atom. The summed E-state index contributed by atoms with van der Waals surface area (Å²) in [7, 11) is 0.789. The standard InChI is InChI=1S/C17H17BO3/c1-12-16(13-6-4-3-5-7-13)17(21-18(12)19)14-8-10-15(20-2)11-9-14/h3-11,17,19H,1-2H3. The lowest BCUT2D eigenvalue weighted by Gasteiger charge is -2.17. The molecule has 0 amide bonds. The van der Waals surface area contributed by atoms with Crippen LogP contribution in [0.4, 0.5) is 0 Å². The van der Waals surface area contributed by atoms with Crippen molar-refractivity contribution in [2.24, 2.45) is 0 Å². The summed E-state index contributed by atoms with van der Waals surface area (Å²) in [4.78, 5) is 0. The smallest absolute Gasteiger partial charge is 0.487 e. The Labute approximate surface area is 125 Å². The molecule has 0 saturated heterocycles. The largest absolute Gasteiger partial charge is 0.497 e. The minimum absolute atomic E-state index is 0.256. The van der Waals surface area contributed by atoms with Crippen molar-refractivity contribution in [3.8, 4) is 5.75 Å². The Kier molecular flexibility index (Phi) is 3.82. The first kappa shape index (κ1) is 13.9. The van der Waals surface area contributed by atoms with Gasteiger partial charge in [0.15, 0.2) is 0 Å². The number of hydrogen-bond donors (Lipinski definition) is 1. The summed E-state index contributed by atoms with van der Waals surface area (Å²) in [5.74, 6) is 0.805. The molecule has 1 aliphatic rings. The van der Waals surface area contributed by atoms with E-state index in [1.165, 1.54) is 0 Å². The van der Waals surface area contributed by atoms with Crippen molar-refractivity contribution < 1.29 is 14.4 Å². The van der Waals surface area contributed by atoms with E-state index in [9.17, 15) is 5.02 Å². The van der Waals surface area contributed by atoms with Crippen molar-refractivity contribution in [3.05, 3.63) is 71.2 Å². The van der Waals surface area contributed by atoms with E-state index >= 15 is 0 Å². The van der Waals surface area contributed by atoms with Crippen LogP contribution in [0.2, 0.25) is 0 Å². The van der Waals surface area contributed by atoms with Crippen LogP contribution in [-0.2, 0) is 4.65 Å². The maximum Gasteiger partial charge on any atom is 0.487 e. The lowest BCUT2D eigenvalue weighted by atomic mass is 9.78. The molecule has 0 radical (unpaired) electrons. The molecule has 0 saturated carbocycles. The first-order valence-electron chi connectivity index (χ1n) is 6.94. The number of methoxy groups -OCH3 is 1. The number of hydrogen-bond acceptors (Lipinski definition) is 3. The first-order chi connectivity index (χ1) is 10.2. The molecule has 2 aromatic rings. The molecule has 3 rings (SSSR count). The molecule has 1 N–H and O–H groups in total. The number of allylic oxidation sites excluding steroid dienone is 1. The summed E-state index contributed by atoms with van der Waals surface area (Å²) in [5, 5.41) is 10.1. The van der Waals surface area contributed by atoms with Crippen molar-refractivity contribution in [3.63, 3.8) is 0 Å². The van der Waals surface area contributed by atoms with E-state index < -0.39 is 7.12 Å². The van der Waals surface area contributed by atoms with Gasteiger partial charge in [0, 0.05) is 0 Å². The van der Waals surface area contributed by atoms with Crippen LogP contribution in [0.1, 0.15) is 24.2 Å². The van der Waals surface area contributed by atoms with Gasteiger partial charge in [-0.1, -0.05) is 42.5 Å². The second-order valence-corrected chi connectivity index (χ2v) is 5.10. The van der Waals surface area contributed by atoms with Crippen LogP contribution >= 0.6 is 0 Å². The molecule has 106 valence electrons. The molecular weight excluding hydrogens is 263 g/mol. The summed E-state index contributed by atoms with van der Waals surface area (Å²) >= 11 is 0. The third-order valence-electron chi connectivity index (χ3n) is 3.83. The lowest BCUT2D eigenvalue weighted by Crippen LogP contribution is -2.14. The molecule has 0 bridgehead atoms. The van der Waals surface area contributed by atoms with Crippen LogP contribution in [0, 0.1) is 0 Å². The number of benzene rings is 2. The maximum atomic E-state index is 10.1. The van der Waals surface area contributed by atoms with Crippen molar-refractivity contribution in [1.82, 2.24) is 0 Å². The van der Waals surface area contributed by atoms with E-state index in [2.05, 4.69) is 0 Å². The Morgan fingerprint density at radius 2 is 1.71 bits per heavy atom. The molecule has 1 aliphatic heterocycles. The fraction of sp³-hybridized carbons (Fsp3) is 0.176. The highest BCUT2D eigenvalue weighted by molar-refractivity contribution is 6.55. The topological polar surface area (TPSA) is 38.7 Å². The normalized spacial score (nSPS) is 18.2. The zero-order chi connectivity index (χ0) is 14.8. The highest BCUT2D eigenvalue weighted by Gasteiger charge is 2.36.